The van der Waals surface area contributed by atoms with Crippen molar-refractivity contribution in [2.75, 3.05) is 5.43 Å². The minimum Gasteiger partial charge on any atom is -0.324 e. The van der Waals surface area contributed by atoms with Gasteiger partial charge >= 0.3 is 0 Å². The average Bonchev–Trinajstić information content (AvgIpc) is 2.42. The Bertz CT molecular complexity index is 479. The minimum atomic E-state index is -0.0581. The first-order valence-corrected chi connectivity index (χ1v) is 7.19. The maximum Gasteiger partial charge on any atom is 0.265 e. The van der Waals surface area contributed by atoms with Crippen LogP contribution >= 0.6 is 0 Å². The van der Waals surface area contributed by atoms with Crippen LogP contribution in [0.5, 0.6) is 0 Å². The van der Waals surface area contributed by atoms with Gasteiger partial charge in [0, 0.05) is 17.6 Å². The highest BCUT2D eigenvalue weighted by atomic mass is 16.2. The van der Waals surface area contributed by atoms with Crippen molar-refractivity contribution >= 4 is 11.6 Å². The molecule has 2 unspecified atom stereocenters. The first-order chi connectivity index (χ1) is 9.52. The number of hydrazine groups is 2. The van der Waals surface area contributed by atoms with E-state index in [2.05, 4.69) is 29.7 Å². The Hall–Kier alpha value is -1.59. The van der Waals surface area contributed by atoms with Crippen LogP contribution in [0.1, 0.15) is 49.0 Å². The van der Waals surface area contributed by atoms with Gasteiger partial charge in [-0.1, -0.05) is 6.42 Å². The summed E-state index contributed by atoms with van der Waals surface area (Å²) >= 11 is 0. The number of benzene rings is 1. The molecule has 5 heteroatoms. The third kappa shape index (κ3) is 3.11. The molecule has 0 spiro atoms. The molecule has 20 heavy (non-hydrogen) atoms. The number of anilines is 1. The van der Waals surface area contributed by atoms with Gasteiger partial charge in [-0.25, -0.2) is 5.01 Å². The van der Waals surface area contributed by atoms with E-state index in [4.69, 9.17) is 5.84 Å². The van der Waals surface area contributed by atoms with Crippen LogP contribution in [0.4, 0.5) is 5.69 Å². The second-order valence-corrected chi connectivity index (χ2v) is 5.65. The summed E-state index contributed by atoms with van der Waals surface area (Å²) in [7, 11) is 0. The summed E-state index contributed by atoms with van der Waals surface area (Å²) < 4.78 is 0. The number of nitrogen functional groups attached to an aromatic ring is 1. The second kappa shape index (κ2) is 6.24. The summed E-state index contributed by atoms with van der Waals surface area (Å²) in [6.07, 6.45) is 3.48. The van der Waals surface area contributed by atoms with Gasteiger partial charge in [0.15, 0.2) is 0 Å². The van der Waals surface area contributed by atoms with Crippen LogP contribution in [-0.4, -0.2) is 23.0 Å². The van der Waals surface area contributed by atoms with E-state index in [1.54, 1.807) is 6.07 Å². The number of carbonyl (C=O) groups is 1. The van der Waals surface area contributed by atoms with E-state index in [9.17, 15) is 4.79 Å². The van der Waals surface area contributed by atoms with E-state index in [-0.39, 0.29) is 5.91 Å². The molecule has 2 rings (SSSR count). The third-order valence-electron chi connectivity index (χ3n) is 4.07. The largest absolute Gasteiger partial charge is 0.324 e. The van der Waals surface area contributed by atoms with Crippen molar-refractivity contribution in [2.24, 2.45) is 5.84 Å². The lowest BCUT2D eigenvalue weighted by atomic mass is 10.00. The molecule has 0 bridgehead atoms. The van der Waals surface area contributed by atoms with Crippen LogP contribution in [0.25, 0.3) is 0 Å². The number of nitrogens with one attached hydrogen (secondary N) is 2. The van der Waals surface area contributed by atoms with Crippen molar-refractivity contribution in [3.8, 4) is 0 Å². The zero-order valence-corrected chi connectivity index (χ0v) is 12.4. The summed E-state index contributed by atoms with van der Waals surface area (Å²) in [5, 5.41) is 2.08. The summed E-state index contributed by atoms with van der Waals surface area (Å²) in [5.41, 5.74) is 8.11. The van der Waals surface area contributed by atoms with E-state index in [0.717, 1.165) is 24.1 Å². The highest BCUT2D eigenvalue weighted by molar-refractivity contribution is 5.94. The molecule has 1 fully saturated rings. The Morgan fingerprint density at radius 3 is 2.50 bits per heavy atom. The number of aryl methyl sites for hydroxylation is 1. The van der Waals surface area contributed by atoms with Crippen molar-refractivity contribution in [1.29, 1.82) is 0 Å². The fourth-order valence-corrected chi connectivity index (χ4v) is 2.79. The lowest BCUT2D eigenvalue weighted by molar-refractivity contribution is 0.0370. The van der Waals surface area contributed by atoms with Gasteiger partial charge < -0.3 is 5.43 Å². The molecule has 0 saturated carbocycles. The highest BCUT2D eigenvalue weighted by Crippen LogP contribution is 2.21. The van der Waals surface area contributed by atoms with Gasteiger partial charge in [-0.3, -0.25) is 16.1 Å². The van der Waals surface area contributed by atoms with Gasteiger partial charge in [0.25, 0.3) is 5.91 Å². The number of hydrogen-bond donors (Lipinski definition) is 3. The fourth-order valence-electron chi connectivity index (χ4n) is 2.79. The zero-order valence-electron chi connectivity index (χ0n) is 12.4. The van der Waals surface area contributed by atoms with Crippen LogP contribution in [0.3, 0.4) is 0 Å². The van der Waals surface area contributed by atoms with Crippen molar-refractivity contribution in [3.63, 3.8) is 0 Å². The minimum absolute atomic E-state index is 0.0581. The maximum atomic E-state index is 12.4. The molecule has 1 aliphatic rings. The number of piperidine rings is 1. The number of nitrogens with two attached hydrogens (primary N) is 1. The molecular weight excluding hydrogens is 252 g/mol. The van der Waals surface area contributed by atoms with Crippen LogP contribution in [0.2, 0.25) is 0 Å². The second-order valence-electron chi connectivity index (χ2n) is 5.65. The normalized spacial score (nSPS) is 23.4. The number of amides is 1. The lowest BCUT2D eigenvalue weighted by Gasteiger charge is -2.38. The molecule has 2 atom stereocenters. The Balaban J connectivity index is 2.09. The molecule has 0 aromatic heterocycles. The van der Waals surface area contributed by atoms with E-state index >= 15 is 0 Å². The standard InChI is InChI=1S/C15H24N4O/c1-10-9-13(7-8-14(10)17-16)15(20)18-19-11(2)5-4-6-12(19)3/h7-9,11-12,17H,4-6,16H2,1-3H3,(H,18,20). The van der Waals surface area contributed by atoms with E-state index in [1.807, 2.05) is 19.1 Å². The van der Waals surface area contributed by atoms with E-state index in [1.165, 1.54) is 6.42 Å². The number of carbonyl (C=O) groups excluding carboxylic acids is 1. The molecule has 4 N–H and O–H groups in total. The van der Waals surface area contributed by atoms with Crippen LogP contribution < -0.4 is 16.7 Å². The van der Waals surface area contributed by atoms with Gasteiger partial charge in [-0.05, 0) is 57.4 Å². The first-order valence-electron chi connectivity index (χ1n) is 7.19. The smallest absolute Gasteiger partial charge is 0.265 e. The van der Waals surface area contributed by atoms with Crippen molar-refractivity contribution in [3.05, 3.63) is 29.3 Å². The number of hydrogen-bond acceptors (Lipinski definition) is 4. The predicted molar refractivity (Wildman–Crippen MR) is 81.1 cm³/mol. The van der Waals surface area contributed by atoms with Crippen molar-refractivity contribution < 1.29 is 4.79 Å². The fraction of sp³-hybridized carbons (Fsp3) is 0.533. The average molecular weight is 276 g/mol. The van der Waals surface area contributed by atoms with Crippen LogP contribution in [0.15, 0.2) is 18.2 Å². The number of rotatable bonds is 3. The molecule has 0 radical (unpaired) electrons. The molecule has 1 saturated heterocycles. The van der Waals surface area contributed by atoms with Crippen molar-refractivity contribution in [2.45, 2.75) is 52.1 Å². The molecule has 1 aliphatic heterocycles. The van der Waals surface area contributed by atoms with Gasteiger partial charge in [0.05, 0.1) is 5.69 Å². The molecule has 1 aromatic carbocycles. The first kappa shape index (κ1) is 14.8. The van der Waals surface area contributed by atoms with Crippen LogP contribution in [-0.2, 0) is 0 Å². The van der Waals surface area contributed by atoms with Crippen molar-refractivity contribution in [1.82, 2.24) is 10.4 Å². The maximum absolute atomic E-state index is 12.4. The van der Waals surface area contributed by atoms with Gasteiger partial charge in [0.1, 0.15) is 0 Å². The third-order valence-corrected chi connectivity index (χ3v) is 4.07. The molecular formula is C15H24N4O. The molecule has 1 aromatic rings. The van der Waals surface area contributed by atoms with Crippen LogP contribution in [0, 0.1) is 6.92 Å². The SMILES string of the molecule is Cc1cc(C(=O)NN2C(C)CCCC2C)ccc1NN. The molecule has 1 amide bonds. The molecule has 0 aliphatic carbocycles. The Labute approximate surface area is 120 Å². The Morgan fingerprint density at radius 1 is 1.30 bits per heavy atom. The lowest BCUT2D eigenvalue weighted by Crippen LogP contribution is -2.54. The van der Waals surface area contributed by atoms with E-state index in [0.29, 0.717) is 17.6 Å². The van der Waals surface area contributed by atoms with E-state index < -0.39 is 0 Å². The topological polar surface area (TPSA) is 70.4 Å². The summed E-state index contributed by atoms with van der Waals surface area (Å²) in [4.78, 5) is 12.4. The zero-order chi connectivity index (χ0) is 14.7. The summed E-state index contributed by atoms with van der Waals surface area (Å²) in [6, 6.07) is 6.23. The highest BCUT2D eigenvalue weighted by Gasteiger charge is 2.26. The van der Waals surface area contributed by atoms with Gasteiger partial charge in [0.2, 0.25) is 0 Å². The molecule has 5 nitrogen and oxygen atoms in total. The molecule has 1 heterocycles. The number of nitrogens with zero attached hydrogens (tertiary/aromatic N) is 1. The predicted octanol–water partition coefficient (Wildman–Crippen LogP) is 2.19. The summed E-state index contributed by atoms with van der Waals surface area (Å²) in [6.45, 7) is 6.24. The van der Waals surface area contributed by atoms with Gasteiger partial charge in [-0.15, -0.1) is 0 Å². The Morgan fingerprint density at radius 2 is 1.95 bits per heavy atom. The molecule has 110 valence electrons. The monoisotopic (exact) mass is 276 g/mol. The van der Waals surface area contributed by atoms with Gasteiger partial charge in [-0.2, -0.15) is 0 Å². The summed E-state index contributed by atoms with van der Waals surface area (Å²) in [5.74, 6) is 5.35. The Kier molecular flexibility index (Phi) is 4.62. The quantitative estimate of drug-likeness (QED) is 0.584.